The topological polar surface area (TPSA) is 55.4 Å². The smallest absolute Gasteiger partial charge is 0.338 e. The van der Waals surface area contributed by atoms with Crippen molar-refractivity contribution in [1.29, 1.82) is 0 Å². The summed E-state index contributed by atoms with van der Waals surface area (Å²) in [5.41, 5.74) is 2.16. The molecule has 2 aromatic rings. The summed E-state index contributed by atoms with van der Waals surface area (Å²) in [6, 6.07) is 13.9. The number of anilines is 1. The lowest BCUT2D eigenvalue weighted by Gasteiger charge is -2.14. The molecule has 0 aliphatic heterocycles. The van der Waals surface area contributed by atoms with Crippen LogP contribution in [0.4, 0.5) is 5.69 Å². The molecule has 0 spiro atoms. The Morgan fingerprint density at radius 3 is 2.48 bits per heavy atom. The van der Waals surface area contributed by atoms with Crippen molar-refractivity contribution in [2.24, 2.45) is 0 Å². The number of carbonyl (C=O) groups is 2. The quantitative estimate of drug-likeness (QED) is 0.840. The van der Waals surface area contributed by atoms with E-state index in [1.165, 1.54) is 18.6 Å². The number of amides is 1. The highest BCUT2D eigenvalue weighted by atomic mass is 35.5. The second-order valence-corrected chi connectivity index (χ2v) is 5.53. The first-order valence-corrected chi connectivity index (χ1v) is 7.73. The van der Waals surface area contributed by atoms with E-state index < -0.39 is 12.1 Å². The number of hydrogen-bond donors (Lipinski definition) is 1. The second kappa shape index (κ2) is 7.79. The van der Waals surface area contributed by atoms with Crippen LogP contribution in [0.25, 0.3) is 0 Å². The molecule has 0 fully saturated rings. The number of hydrogen-bond acceptors (Lipinski definition) is 3. The van der Waals surface area contributed by atoms with E-state index in [2.05, 4.69) is 12.2 Å². The Bertz CT molecular complexity index is 698. The van der Waals surface area contributed by atoms with Gasteiger partial charge in [0.2, 0.25) is 0 Å². The predicted octanol–water partition coefficient (Wildman–Crippen LogP) is 4.09. The number of halogens is 1. The number of esters is 1. The molecule has 0 aliphatic carbocycles. The third kappa shape index (κ3) is 4.83. The predicted molar refractivity (Wildman–Crippen MR) is 90.8 cm³/mol. The van der Waals surface area contributed by atoms with Crippen molar-refractivity contribution >= 4 is 29.2 Å². The Kier molecular flexibility index (Phi) is 5.77. The molecule has 4 nitrogen and oxygen atoms in total. The first-order valence-electron chi connectivity index (χ1n) is 7.36. The van der Waals surface area contributed by atoms with Crippen LogP contribution in [-0.4, -0.2) is 18.0 Å². The van der Waals surface area contributed by atoms with E-state index in [1.807, 2.05) is 24.3 Å². The number of benzene rings is 2. The van der Waals surface area contributed by atoms with Crippen LogP contribution in [0, 0.1) is 0 Å². The Morgan fingerprint density at radius 1 is 1.17 bits per heavy atom. The molecular formula is C18H18ClNO3. The third-order valence-corrected chi connectivity index (χ3v) is 3.58. The van der Waals surface area contributed by atoms with E-state index in [1.54, 1.807) is 18.2 Å². The van der Waals surface area contributed by atoms with Crippen LogP contribution in [0.5, 0.6) is 0 Å². The van der Waals surface area contributed by atoms with E-state index in [9.17, 15) is 9.59 Å². The molecule has 0 aromatic heterocycles. The minimum Gasteiger partial charge on any atom is -0.449 e. The summed E-state index contributed by atoms with van der Waals surface area (Å²) < 4.78 is 5.16. The molecular weight excluding hydrogens is 314 g/mol. The van der Waals surface area contributed by atoms with Gasteiger partial charge in [-0.1, -0.05) is 36.7 Å². The van der Waals surface area contributed by atoms with Gasteiger partial charge in [0.1, 0.15) is 0 Å². The maximum Gasteiger partial charge on any atom is 0.338 e. The van der Waals surface area contributed by atoms with Crippen molar-refractivity contribution in [3.05, 3.63) is 64.7 Å². The van der Waals surface area contributed by atoms with Crippen LogP contribution >= 0.6 is 11.6 Å². The highest BCUT2D eigenvalue weighted by Crippen LogP contribution is 2.14. The van der Waals surface area contributed by atoms with Crippen LogP contribution in [0.15, 0.2) is 48.5 Å². The third-order valence-electron chi connectivity index (χ3n) is 3.34. The fourth-order valence-electron chi connectivity index (χ4n) is 1.97. The van der Waals surface area contributed by atoms with Crippen LogP contribution in [0.3, 0.4) is 0 Å². The molecule has 0 radical (unpaired) electrons. The Hall–Kier alpha value is -2.33. The molecule has 0 unspecified atom stereocenters. The number of carbonyl (C=O) groups excluding carboxylic acids is 2. The monoisotopic (exact) mass is 331 g/mol. The highest BCUT2D eigenvalue weighted by molar-refractivity contribution is 6.30. The minimum atomic E-state index is -0.910. The van der Waals surface area contributed by atoms with Gasteiger partial charge in [-0.15, -0.1) is 0 Å². The molecule has 120 valence electrons. The molecule has 2 aromatic carbocycles. The molecule has 1 atom stereocenters. The zero-order valence-electron chi connectivity index (χ0n) is 13.0. The van der Waals surface area contributed by atoms with Crippen molar-refractivity contribution in [2.45, 2.75) is 26.4 Å². The van der Waals surface area contributed by atoms with Crippen molar-refractivity contribution in [3.63, 3.8) is 0 Å². The molecule has 2 rings (SSSR count). The van der Waals surface area contributed by atoms with E-state index >= 15 is 0 Å². The summed E-state index contributed by atoms with van der Waals surface area (Å²) in [7, 11) is 0. The number of rotatable bonds is 5. The summed E-state index contributed by atoms with van der Waals surface area (Å²) in [5, 5.41) is 3.16. The zero-order chi connectivity index (χ0) is 16.8. The van der Waals surface area contributed by atoms with E-state index in [0.29, 0.717) is 16.3 Å². The average Bonchev–Trinajstić information content (AvgIpc) is 2.55. The van der Waals surface area contributed by atoms with Gasteiger partial charge in [0.05, 0.1) is 5.56 Å². The summed E-state index contributed by atoms with van der Waals surface area (Å²) in [6.45, 7) is 3.59. The van der Waals surface area contributed by atoms with Crippen molar-refractivity contribution in [3.8, 4) is 0 Å². The van der Waals surface area contributed by atoms with Gasteiger partial charge in [-0.2, -0.15) is 0 Å². The van der Waals surface area contributed by atoms with E-state index in [0.717, 1.165) is 6.42 Å². The number of nitrogens with one attached hydrogen (secondary N) is 1. The van der Waals surface area contributed by atoms with Crippen molar-refractivity contribution in [1.82, 2.24) is 0 Å². The Balaban J connectivity index is 1.95. The first-order chi connectivity index (χ1) is 11.0. The number of ether oxygens (including phenoxy) is 1. The van der Waals surface area contributed by atoms with Gasteiger partial charge in [-0.25, -0.2) is 4.79 Å². The van der Waals surface area contributed by atoms with E-state index in [4.69, 9.17) is 16.3 Å². The van der Waals surface area contributed by atoms with E-state index in [-0.39, 0.29) is 5.91 Å². The highest BCUT2D eigenvalue weighted by Gasteiger charge is 2.19. The lowest BCUT2D eigenvalue weighted by Crippen LogP contribution is -2.30. The van der Waals surface area contributed by atoms with Crippen molar-refractivity contribution in [2.75, 3.05) is 5.32 Å². The molecule has 0 saturated carbocycles. The maximum atomic E-state index is 12.1. The lowest BCUT2D eigenvalue weighted by atomic mass is 10.1. The summed E-state index contributed by atoms with van der Waals surface area (Å²) in [4.78, 5) is 24.1. The molecule has 0 aliphatic rings. The van der Waals surface area contributed by atoms with Crippen molar-refractivity contribution < 1.29 is 14.3 Å². The fraction of sp³-hybridized carbons (Fsp3) is 0.222. The van der Waals surface area contributed by atoms with Gasteiger partial charge in [0.25, 0.3) is 5.91 Å². The van der Waals surface area contributed by atoms with Crippen LogP contribution in [0.2, 0.25) is 5.02 Å². The molecule has 1 N–H and O–H groups in total. The standard InChI is InChI=1S/C18H18ClNO3/c1-3-13-7-9-16(10-8-13)20-17(21)12(2)23-18(22)14-5-4-6-15(19)11-14/h4-12H,3H2,1-2H3,(H,20,21)/t12-/m0/s1. The van der Waals surface area contributed by atoms with Gasteiger partial charge < -0.3 is 10.1 Å². The summed E-state index contributed by atoms with van der Waals surface area (Å²) in [6.07, 6.45) is 0.0225. The lowest BCUT2D eigenvalue weighted by molar-refractivity contribution is -0.123. The molecule has 0 saturated heterocycles. The summed E-state index contributed by atoms with van der Waals surface area (Å²) >= 11 is 5.83. The van der Waals surface area contributed by atoms with Gasteiger partial charge in [-0.3, -0.25) is 4.79 Å². The fourth-order valence-corrected chi connectivity index (χ4v) is 2.16. The Morgan fingerprint density at radius 2 is 1.87 bits per heavy atom. The second-order valence-electron chi connectivity index (χ2n) is 5.10. The largest absolute Gasteiger partial charge is 0.449 e. The van der Waals surface area contributed by atoms with Gasteiger partial charge in [0.15, 0.2) is 6.10 Å². The van der Waals surface area contributed by atoms with Gasteiger partial charge in [-0.05, 0) is 49.2 Å². The molecule has 5 heteroatoms. The van der Waals surface area contributed by atoms with Crippen LogP contribution in [0.1, 0.15) is 29.8 Å². The molecule has 0 heterocycles. The minimum absolute atomic E-state index is 0.310. The maximum absolute atomic E-state index is 12.1. The Labute approximate surface area is 140 Å². The van der Waals surface area contributed by atoms with Crippen LogP contribution < -0.4 is 5.32 Å². The normalized spacial score (nSPS) is 11.6. The number of aryl methyl sites for hydroxylation is 1. The average molecular weight is 332 g/mol. The summed E-state index contributed by atoms with van der Waals surface area (Å²) in [5.74, 6) is -0.971. The SMILES string of the molecule is CCc1ccc(NC(=O)[C@H](C)OC(=O)c2cccc(Cl)c2)cc1. The van der Waals surface area contributed by atoms with Gasteiger partial charge >= 0.3 is 5.97 Å². The zero-order valence-corrected chi connectivity index (χ0v) is 13.8. The first kappa shape index (κ1) is 17.0. The van der Waals surface area contributed by atoms with Gasteiger partial charge in [0, 0.05) is 10.7 Å². The molecule has 0 bridgehead atoms. The molecule has 1 amide bonds. The van der Waals surface area contributed by atoms with Crippen LogP contribution in [-0.2, 0) is 16.0 Å². The molecule has 23 heavy (non-hydrogen) atoms.